The van der Waals surface area contributed by atoms with Crippen LogP contribution in [0.15, 0.2) is 0 Å². The van der Waals surface area contributed by atoms with E-state index in [2.05, 4.69) is 14.5 Å². The summed E-state index contributed by atoms with van der Waals surface area (Å²) >= 11 is 0. The van der Waals surface area contributed by atoms with Crippen LogP contribution in [0.2, 0.25) is 0 Å². The van der Waals surface area contributed by atoms with E-state index < -0.39 is 12.3 Å². The average Bonchev–Trinajstić information content (AvgIpc) is 1.83. The minimum atomic E-state index is -0.506. The van der Waals surface area contributed by atoms with E-state index in [1.807, 2.05) is 0 Å². The first kappa shape index (κ1) is 12.8. The Hall–Kier alpha value is 0.104. The summed E-state index contributed by atoms with van der Waals surface area (Å²) in [6, 6.07) is 0. The molecular weight excluding hydrogens is 172 g/mol. The van der Waals surface area contributed by atoms with E-state index >= 15 is 0 Å². The van der Waals surface area contributed by atoms with Gasteiger partial charge in [0.2, 0.25) is 0 Å². The molecule has 0 saturated heterocycles. The summed E-state index contributed by atoms with van der Waals surface area (Å²) in [4.78, 5) is 18.6. The second-order valence-corrected chi connectivity index (χ2v) is 1.47. The van der Waals surface area contributed by atoms with Crippen molar-refractivity contribution in [3.63, 3.8) is 0 Å². The van der Waals surface area contributed by atoms with Gasteiger partial charge >= 0.3 is 5.97 Å². The van der Waals surface area contributed by atoms with Crippen molar-refractivity contribution in [3.05, 3.63) is 0 Å². The normalized spacial score (nSPS) is 11.5. The number of hydrogen-bond acceptors (Lipinski definition) is 4. The standard InChI is InChI=1S/C5H10O4.Ti/c1-4(6)8-9-5(2)7-3;/h5H,1-3H3;. The van der Waals surface area contributed by atoms with Crippen molar-refractivity contribution in [2.75, 3.05) is 7.11 Å². The van der Waals surface area contributed by atoms with Crippen molar-refractivity contribution in [2.24, 2.45) is 0 Å². The van der Waals surface area contributed by atoms with Gasteiger partial charge in [-0.2, -0.15) is 4.89 Å². The zero-order valence-corrected chi connectivity index (χ0v) is 7.77. The summed E-state index contributed by atoms with van der Waals surface area (Å²) in [5.74, 6) is -0.487. The number of methoxy groups -OCH3 is 1. The molecule has 0 amide bonds. The molecule has 0 heterocycles. The molecule has 5 heteroatoms. The van der Waals surface area contributed by atoms with Crippen LogP contribution in [0.4, 0.5) is 0 Å². The smallest absolute Gasteiger partial charge is 0.339 e. The minimum absolute atomic E-state index is 0. The molecule has 4 nitrogen and oxygen atoms in total. The topological polar surface area (TPSA) is 44.8 Å². The van der Waals surface area contributed by atoms with Crippen LogP contribution in [0, 0.1) is 0 Å². The molecule has 0 aliphatic rings. The fourth-order valence-electron chi connectivity index (χ4n) is 0.175. The third-order valence-corrected chi connectivity index (χ3v) is 0.633. The van der Waals surface area contributed by atoms with Crippen molar-refractivity contribution in [1.82, 2.24) is 0 Å². The number of carbonyl (C=O) groups excluding carboxylic acids is 1. The van der Waals surface area contributed by atoms with Crippen LogP contribution in [0.3, 0.4) is 0 Å². The van der Waals surface area contributed by atoms with Gasteiger partial charge < -0.3 is 4.74 Å². The third-order valence-electron chi connectivity index (χ3n) is 0.633. The van der Waals surface area contributed by atoms with E-state index in [9.17, 15) is 4.79 Å². The number of hydrogen-bond donors (Lipinski definition) is 0. The first-order chi connectivity index (χ1) is 4.16. The van der Waals surface area contributed by atoms with Crippen LogP contribution in [0.25, 0.3) is 0 Å². The van der Waals surface area contributed by atoms with E-state index in [0.717, 1.165) is 0 Å². The molecule has 0 radical (unpaired) electrons. The monoisotopic (exact) mass is 182 g/mol. The molecule has 0 aromatic rings. The molecule has 0 aliphatic carbocycles. The van der Waals surface area contributed by atoms with Gasteiger partial charge in [-0.3, -0.25) is 4.89 Å². The summed E-state index contributed by atoms with van der Waals surface area (Å²) in [5, 5.41) is 0. The van der Waals surface area contributed by atoms with E-state index in [4.69, 9.17) is 0 Å². The largest absolute Gasteiger partial charge is 0.352 e. The summed E-state index contributed by atoms with van der Waals surface area (Å²) < 4.78 is 4.60. The first-order valence-electron chi connectivity index (χ1n) is 2.53. The Morgan fingerprint density at radius 3 is 2.30 bits per heavy atom. The fraction of sp³-hybridized carbons (Fsp3) is 0.800. The number of carbonyl (C=O) groups is 1. The summed E-state index contributed by atoms with van der Waals surface area (Å²) in [5.41, 5.74) is 0. The van der Waals surface area contributed by atoms with Gasteiger partial charge in [-0.05, 0) is 6.92 Å². The maximum absolute atomic E-state index is 10.1. The molecule has 0 aromatic carbocycles. The van der Waals surface area contributed by atoms with Gasteiger partial charge in [0.25, 0.3) is 0 Å². The van der Waals surface area contributed by atoms with Gasteiger partial charge in [0.05, 0.1) is 0 Å². The molecule has 58 valence electrons. The molecule has 0 spiro atoms. The van der Waals surface area contributed by atoms with E-state index in [0.29, 0.717) is 0 Å². The van der Waals surface area contributed by atoms with Crippen LogP contribution in [0.5, 0.6) is 0 Å². The molecule has 0 aliphatic heterocycles. The fourth-order valence-corrected chi connectivity index (χ4v) is 0.175. The van der Waals surface area contributed by atoms with Crippen molar-refractivity contribution in [1.29, 1.82) is 0 Å². The zero-order valence-electron chi connectivity index (χ0n) is 6.21. The first-order valence-corrected chi connectivity index (χ1v) is 2.53. The molecule has 0 N–H and O–H groups in total. The van der Waals surface area contributed by atoms with E-state index in [-0.39, 0.29) is 21.7 Å². The van der Waals surface area contributed by atoms with Crippen LogP contribution < -0.4 is 0 Å². The predicted molar refractivity (Wildman–Crippen MR) is 29.3 cm³/mol. The molecule has 10 heavy (non-hydrogen) atoms. The van der Waals surface area contributed by atoms with Crippen molar-refractivity contribution < 1.29 is 41.0 Å². The summed E-state index contributed by atoms with van der Waals surface area (Å²) in [6.45, 7) is 2.87. The van der Waals surface area contributed by atoms with Crippen LogP contribution in [0.1, 0.15) is 13.8 Å². The van der Waals surface area contributed by atoms with Gasteiger partial charge in [-0.25, -0.2) is 4.79 Å². The van der Waals surface area contributed by atoms with Gasteiger partial charge in [0.1, 0.15) is 0 Å². The van der Waals surface area contributed by atoms with Crippen LogP contribution in [-0.2, 0) is 41.0 Å². The number of ether oxygens (including phenoxy) is 1. The zero-order chi connectivity index (χ0) is 7.28. The van der Waals surface area contributed by atoms with Gasteiger partial charge in [-0.15, -0.1) is 0 Å². The second-order valence-electron chi connectivity index (χ2n) is 1.47. The van der Waals surface area contributed by atoms with E-state index in [1.54, 1.807) is 6.92 Å². The summed E-state index contributed by atoms with van der Waals surface area (Å²) in [6.07, 6.45) is -0.506. The average molecular weight is 182 g/mol. The van der Waals surface area contributed by atoms with Gasteiger partial charge in [0.15, 0.2) is 6.29 Å². The van der Waals surface area contributed by atoms with Crippen molar-refractivity contribution >= 4 is 5.97 Å². The Labute approximate surface area is 74.6 Å². The van der Waals surface area contributed by atoms with Crippen LogP contribution >= 0.6 is 0 Å². The number of rotatable bonds is 3. The second kappa shape index (κ2) is 7.21. The van der Waals surface area contributed by atoms with Gasteiger partial charge in [-0.1, -0.05) is 0 Å². The Balaban J connectivity index is 0. The Kier molecular flexibility index (Phi) is 9.20. The molecule has 0 rings (SSSR count). The SMILES string of the molecule is COC(C)OOC(C)=O.[Ti]. The third kappa shape index (κ3) is 8.10. The maximum Gasteiger partial charge on any atom is 0.339 e. The Bertz CT molecular complexity index is 95.6. The maximum atomic E-state index is 10.1. The summed E-state index contributed by atoms with van der Waals surface area (Å²) in [7, 11) is 1.45. The molecule has 1 unspecified atom stereocenters. The van der Waals surface area contributed by atoms with E-state index in [1.165, 1.54) is 14.0 Å². The Morgan fingerprint density at radius 2 is 2.00 bits per heavy atom. The molecule has 1 atom stereocenters. The molecule has 0 bridgehead atoms. The van der Waals surface area contributed by atoms with Gasteiger partial charge in [0, 0.05) is 35.8 Å². The Morgan fingerprint density at radius 1 is 1.50 bits per heavy atom. The molecule has 0 saturated carbocycles. The van der Waals surface area contributed by atoms with Crippen molar-refractivity contribution in [3.8, 4) is 0 Å². The predicted octanol–water partition coefficient (Wildman–Crippen LogP) is 0.471. The quantitative estimate of drug-likeness (QED) is 0.275. The molecule has 0 aromatic heterocycles. The van der Waals surface area contributed by atoms with Crippen LogP contribution in [-0.4, -0.2) is 19.4 Å². The molecular formula is C5H10O4Ti. The van der Waals surface area contributed by atoms with Crippen molar-refractivity contribution in [2.45, 2.75) is 20.1 Å². The minimum Gasteiger partial charge on any atom is -0.352 e. The molecule has 0 fully saturated rings.